The van der Waals surface area contributed by atoms with E-state index < -0.39 is 23.5 Å². The number of nitrogens with zero attached hydrogens (tertiary/aromatic N) is 1. The number of likely N-dealkylation sites (tertiary alicyclic amines) is 1. The first-order valence-corrected chi connectivity index (χ1v) is 11.1. The van der Waals surface area contributed by atoms with Crippen LogP contribution in [0.15, 0.2) is 48.5 Å². The molecule has 1 heterocycles. The Morgan fingerprint density at radius 3 is 1.81 bits per heavy atom. The zero-order valence-electron chi connectivity index (χ0n) is 18.3. The van der Waals surface area contributed by atoms with Crippen LogP contribution >= 0.6 is 0 Å². The highest BCUT2D eigenvalue weighted by atomic mass is 19.4. The lowest BCUT2D eigenvalue weighted by Crippen LogP contribution is -2.37. The summed E-state index contributed by atoms with van der Waals surface area (Å²) in [5.74, 6) is 0.432. The molecule has 1 nitrogen and oxygen atoms in total. The molecule has 7 heteroatoms. The molecule has 3 rings (SSSR count). The Morgan fingerprint density at radius 1 is 0.781 bits per heavy atom. The molecule has 0 aromatic heterocycles. The third kappa shape index (κ3) is 6.06. The van der Waals surface area contributed by atoms with Crippen molar-refractivity contribution in [1.29, 1.82) is 0 Å². The maximum atomic E-state index is 13.0. The highest BCUT2D eigenvalue weighted by molar-refractivity contribution is 5.30. The number of alkyl halides is 6. The van der Waals surface area contributed by atoms with Crippen molar-refractivity contribution < 1.29 is 26.3 Å². The lowest BCUT2D eigenvalue weighted by atomic mass is 9.88. The molecular formula is C25H29F6N. The largest absolute Gasteiger partial charge is 0.416 e. The molecule has 0 amide bonds. The van der Waals surface area contributed by atoms with E-state index >= 15 is 0 Å². The van der Waals surface area contributed by atoms with E-state index in [1.165, 1.54) is 12.1 Å². The lowest BCUT2D eigenvalue weighted by molar-refractivity contribution is -0.138. The predicted molar refractivity (Wildman–Crippen MR) is 113 cm³/mol. The summed E-state index contributed by atoms with van der Waals surface area (Å²) >= 11 is 0. The minimum absolute atomic E-state index is 0.0644. The van der Waals surface area contributed by atoms with Crippen LogP contribution in [0.1, 0.15) is 80.3 Å². The van der Waals surface area contributed by atoms with Gasteiger partial charge >= 0.3 is 12.4 Å². The van der Waals surface area contributed by atoms with Crippen molar-refractivity contribution in [2.24, 2.45) is 5.92 Å². The van der Waals surface area contributed by atoms with Gasteiger partial charge < -0.3 is 0 Å². The smallest absolute Gasteiger partial charge is 0.289 e. The van der Waals surface area contributed by atoms with E-state index in [4.69, 9.17) is 0 Å². The molecule has 0 aliphatic carbocycles. The fourth-order valence-electron chi connectivity index (χ4n) is 4.49. The molecule has 176 valence electrons. The Balaban J connectivity index is 1.92. The van der Waals surface area contributed by atoms with E-state index in [1.54, 1.807) is 12.1 Å². The number of hydrogen-bond donors (Lipinski definition) is 0. The van der Waals surface area contributed by atoms with Gasteiger partial charge in [0.1, 0.15) is 0 Å². The Labute approximate surface area is 185 Å². The van der Waals surface area contributed by atoms with Crippen LogP contribution in [0.4, 0.5) is 26.3 Å². The molecule has 0 N–H and O–H groups in total. The molecule has 0 bridgehead atoms. The van der Waals surface area contributed by atoms with E-state index in [-0.39, 0.29) is 12.1 Å². The summed E-state index contributed by atoms with van der Waals surface area (Å²) in [5, 5.41) is 0. The summed E-state index contributed by atoms with van der Waals surface area (Å²) in [6.45, 7) is 4.97. The second kappa shape index (κ2) is 9.86. The summed E-state index contributed by atoms with van der Waals surface area (Å²) in [7, 11) is 0. The predicted octanol–water partition coefficient (Wildman–Crippen LogP) is 8.43. The van der Waals surface area contributed by atoms with Gasteiger partial charge in [-0.05, 0) is 73.5 Å². The number of halogens is 6. The fraction of sp³-hybridized carbons (Fsp3) is 0.520. The van der Waals surface area contributed by atoms with Crippen molar-refractivity contribution >= 4 is 0 Å². The SMILES string of the molecule is CC(C)CC[C@H](c1ccc(C(F)(F)F)cc1)N1CCCC[C@@H]1c1ccc(C(F)(F)F)cc1. The third-order valence-corrected chi connectivity index (χ3v) is 6.21. The van der Waals surface area contributed by atoms with Gasteiger partial charge in [-0.3, -0.25) is 4.90 Å². The van der Waals surface area contributed by atoms with Crippen LogP contribution in [0.5, 0.6) is 0 Å². The Hall–Kier alpha value is -2.02. The van der Waals surface area contributed by atoms with Crippen LogP contribution in [0.2, 0.25) is 0 Å². The molecule has 1 fully saturated rings. The van der Waals surface area contributed by atoms with Gasteiger partial charge in [0.15, 0.2) is 0 Å². The van der Waals surface area contributed by atoms with Crippen LogP contribution in [-0.2, 0) is 12.4 Å². The minimum Gasteiger partial charge on any atom is -0.289 e. The Bertz CT molecular complexity index is 852. The van der Waals surface area contributed by atoms with Gasteiger partial charge in [0, 0.05) is 12.1 Å². The zero-order valence-corrected chi connectivity index (χ0v) is 18.3. The standard InChI is InChI=1S/C25H29F6N/c1-17(2)6-15-23(19-9-13-21(14-10-19)25(29,30)31)32-16-4-3-5-22(32)18-7-11-20(12-8-18)24(26,27)28/h7-14,17,22-23H,3-6,15-16H2,1-2H3/t22-,23-/m1/s1. The van der Waals surface area contributed by atoms with Gasteiger partial charge in [-0.2, -0.15) is 26.3 Å². The minimum atomic E-state index is -4.39. The molecule has 32 heavy (non-hydrogen) atoms. The molecular weight excluding hydrogens is 428 g/mol. The molecule has 0 radical (unpaired) electrons. The van der Waals surface area contributed by atoms with Crippen molar-refractivity contribution in [2.45, 2.75) is 70.4 Å². The number of piperidine rings is 1. The third-order valence-electron chi connectivity index (χ3n) is 6.21. The second-order valence-electron chi connectivity index (χ2n) is 8.98. The van der Waals surface area contributed by atoms with Gasteiger partial charge in [0.05, 0.1) is 11.1 Å². The lowest BCUT2D eigenvalue weighted by Gasteiger charge is -2.42. The summed E-state index contributed by atoms with van der Waals surface area (Å²) in [5.41, 5.74) is 0.279. The molecule has 2 aromatic rings. The number of rotatable bonds is 6. The van der Waals surface area contributed by atoms with E-state index in [2.05, 4.69) is 18.7 Å². The van der Waals surface area contributed by atoms with Crippen molar-refractivity contribution in [3.63, 3.8) is 0 Å². The van der Waals surface area contributed by atoms with Gasteiger partial charge in [0.2, 0.25) is 0 Å². The van der Waals surface area contributed by atoms with E-state index in [9.17, 15) is 26.3 Å². The monoisotopic (exact) mass is 457 g/mol. The first-order chi connectivity index (χ1) is 15.0. The normalized spacial score (nSPS) is 19.3. The van der Waals surface area contributed by atoms with Crippen LogP contribution in [-0.4, -0.2) is 11.4 Å². The first-order valence-electron chi connectivity index (χ1n) is 11.1. The van der Waals surface area contributed by atoms with Crippen molar-refractivity contribution in [3.8, 4) is 0 Å². The Kier molecular flexibility index (Phi) is 7.58. The Morgan fingerprint density at radius 2 is 1.31 bits per heavy atom. The quantitative estimate of drug-likeness (QED) is 0.394. The first kappa shape index (κ1) is 24.6. The average Bonchev–Trinajstić information content (AvgIpc) is 2.73. The molecule has 1 saturated heterocycles. The van der Waals surface area contributed by atoms with Crippen molar-refractivity contribution in [1.82, 2.24) is 4.90 Å². The fourth-order valence-corrected chi connectivity index (χ4v) is 4.49. The summed E-state index contributed by atoms with van der Waals surface area (Å²) in [6.07, 6.45) is -4.36. The van der Waals surface area contributed by atoms with Gasteiger partial charge in [-0.15, -0.1) is 0 Å². The van der Waals surface area contributed by atoms with E-state index in [1.807, 2.05) is 0 Å². The van der Waals surface area contributed by atoms with Crippen LogP contribution < -0.4 is 0 Å². The van der Waals surface area contributed by atoms with E-state index in [0.29, 0.717) is 5.92 Å². The topological polar surface area (TPSA) is 3.24 Å². The van der Waals surface area contributed by atoms with Gasteiger partial charge in [0.25, 0.3) is 0 Å². The van der Waals surface area contributed by atoms with Gasteiger partial charge in [-0.1, -0.05) is 44.5 Å². The summed E-state index contributed by atoms with van der Waals surface area (Å²) in [6, 6.07) is 10.5. The van der Waals surface area contributed by atoms with Crippen LogP contribution in [0, 0.1) is 5.92 Å². The average molecular weight is 458 g/mol. The van der Waals surface area contributed by atoms with Crippen LogP contribution in [0.25, 0.3) is 0 Å². The summed E-state index contributed by atoms with van der Waals surface area (Å²) in [4.78, 5) is 2.27. The maximum Gasteiger partial charge on any atom is 0.416 e. The van der Waals surface area contributed by atoms with E-state index in [0.717, 1.165) is 74.0 Å². The van der Waals surface area contributed by atoms with Crippen LogP contribution in [0.3, 0.4) is 0 Å². The molecule has 1 aliphatic rings. The number of benzene rings is 2. The highest BCUT2D eigenvalue weighted by Gasteiger charge is 2.34. The van der Waals surface area contributed by atoms with Crippen molar-refractivity contribution in [3.05, 3.63) is 70.8 Å². The maximum absolute atomic E-state index is 13.0. The highest BCUT2D eigenvalue weighted by Crippen LogP contribution is 2.41. The molecule has 2 atom stereocenters. The number of hydrogen-bond acceptors (Lipinski definition) is 1. The van der Waals surface area contributed by atoms with Crippen molar-refractivity contribution in [2.75, 3.05) is 6.54 Å². The van der Waals surface area contributed by atoms with Gasteiger partial charge in [-0.25, -0.2) is 0 Å². The molecule has 0 spiro atoms. The molecule has 0 saturated carbocycles. The molecule has 2 aromatic carbocycles. The molecule has 0 unspecified atom stereocenters. The summed E-state index contributed by atoms with van der Waals surface area (Å²) < 4.78 is 78.1. The molecule has 1 aliphatic heterocycles. The second-order valence-corrected chi connectivity index (χ2v) is 8.98. The zero-order chi connectivity index (χ0) is 23.5.